The van der Waals surface area contributed by atoms with Crippen LogP contribution >= 0.6 is 0 Å². The van der Waals surface area contributed by atoms with E-state index in [1.807, 2.05) is 37.3 Å². The van der Waals surface area contributed by atoms with Crippen molar-refractivity contribution in [2.75, 3.05) is 0 Å². The Morgan fingerprint density at radius 2 is 1.59 bits per heavy atom. The predicted octanol–water partition coefficient (Wildman–Crippen LogP) is 3.58. The molecule has 1 N–H and O–H groups in total. The van der Waals surface area contributed by atoms with Gasteiger partial charge in [0.15, 0.2) is 0 Å². The van der Waals surface area contributed by atoms with Crippen LogP contribution in [0.25, 0.3) is 0 Å². The van der Waals surface area contributed by atoms with E-state index in [1.165, 1.54) is 12.1 Å². The lowest BCUT2D eigenvalue weighted by molar-refractivity contribution is -0.384. The number of amides is 1. The smallest absolute Gasteiger partial charge is 0.269 e. The van der Waals surface area contributed by atoms with Gasteiger partial charge in [-0.3, -0.25) is 14.9 Å². The van der Waals surface area contributed by atoms with Crippen LogP contribution in [0.3, 0.4) is 0 Å². The van der Waals surface area contributed by atoms with Crippen molar-refractivity contribution in [3.05, 3.63) is 75.8 Å². The molecule has 1 amide bonds. The molecule has 0 unspecified atom stereocenters. The first-order valence-corrected chi connectivity index (χ1v) is 7.08. The molecule has 22 heavy (non-hydrogen) atoms. The zero-order valence-corrected chi connectivity index (χ0v) is 12.5. The maximum atomic E-state index is 12.3. The lowest BCUT2D eigenvalue weighted by atomic mass is 9.99. The second-order valence-corrected chi connectivity index (χ2v) is 5.21. The molecule has 0 fully saturated rings. The van der Waals surface area contributed by atoms with Gasteiger partial charge in [-0.25, -0.2) is 0 Å². The summed E-state index contributed by atoms with van der Waals surface area (Å²) in [6.45, 7) is 3.71. The van der Waals surface area contributed by atoms with Gasteiger partial charge in [-0.05, 0) is 25.0 Å². The zero-order valence-electron chi connectivity index (χ0n) is 12.5. The SMILES string of the molecule is C[C@H](NC(=O)[C@H](C)c1ccc([N+](=O)[O-])cc1)c1ccccc1. The van der Waals surface area contributed by atoms with Crippen LogP contribution in [0.4, 0.5) is 5.69 Å². The molecular weight excluding hydrogens is 280 g/mol. The molecule has 0 aliphatic carbocycles. The zero-order chi connectivity index (χ0) is 16.1. The Hall–Kier alpha value is -2.69. The summed E-state index contributed by atoms with van der Waals surface area (Å²) in [5, 5.41) is 13.6. The number of nitro benzene ring substituents is 1. The van der Waals surface area contributed by atoms with Crippen LogP contribution in [0.15, 0.2) is 54.6 Å². The van der Waals surface area contributed by atoms with E-state index in [0.717, 1.165) is 11.1 Å². The Bertz CT molecular complexity index is 653. The minimum atomic E-state index is -0.452. The first kappa shape index (κ1) is 15.7. The fourth-order valence-corrected chi connectivity index (χ4v) is 2.20. The van der Waals surface area contributed by atoms with E-state index in [9.17, 15) is 14.9 Å². The Labute approximate surface area is 129 Å². The standard InChI is InChI=1S/C17H18N2O3/c1-12(14-8-10-16(11-9-14)19(21)22)17(20)18-13(2)15-6-4-3-5-7-15/h3-13H,1-2H3,(H,18,20)/t12-,13+/m1/s1. The first-order valence-electron chi connectivity index (χ1n) is 7.08. The fraction of sp³-hybridized carbons (Fsp3) is 0.235. The van der Waals surface area contributed by atoms with Crippen LogP contribution < -0.4 is 5.32 Å². The number of hydrogen-bond donors (Lipinski definition) is 1. The number of benzene rings is 2. The van der Waals surface area contributed by atoms with Gasteiger partial charge in [0, 0.05) is 12.1 Å². The molecule has 0 radical (unpaired) electrons. The van der Waals surface area contributed by atoms with Gasteiger partial charge in [-0.2, -0.15) is 0 Å². The fourth-order valence-electron chi connectivity index (χ4n) is 2.20. The van der Waals surface area contributed by atoms with Crippen LogP contribution in [0.5, 0.6) is 0 Å². The van der Waals surface area contributed by atoms with Crippen LogP contribution in [-0.4, -0.2) is 10.8 Å². The maximum Gasteiger partial charge on any atom is 0.269 e. The molecule has 5 nitrogen and oxygen atoms in total. The summed E-state index contributed by atoms with van der Waals surface area (Å²) < 4.78 is 0. The number of nitro groups is 1. The van der Waals surface area contributed by atoms with Crippen molar-refractivity contribution in [1.82, 2.24) is 5.32 Å². The topological polar surface area (TPSA) is 72.2 Å². The van der Waals surface area contributed by atoms with Crippen molar-refractivity contribution >= 4 is 11.6 Å². The second-order valence-electron chi connectivity index (χ2n) is 5.21. The molecule has 0 saturated carbocycles. The first-order chi connectivity index (χ1) is 10.5. The van der Waals surface area contributed by atoms with E-state index in [0.29, 0.717) is 0 Å². The number of hydrogen-bond acceptors (Lipinski definition) is 3. The van der Waals surface area contributed by atoms with E-state index in [2.05, 4.69) is 5.32 Å². The summed E-state index contributed by atoms with van der Waals surface area (Å²) in [7, 11) is 0. The monoisotopic (exact) mass is 298 g/mol. The molecule has 0 aliphatic rings. The van der Waals surface area contributed by atoms with Crippen LogP contribution in [0.2, 0.25) is 0 Å². The molecule has 2 rings (SSSR count). The number of carbonyl (C=O) groups is 1. The summed E-state index contributed by atoms with van der Waals surface area (Å²) >= 11 is 0. The third-order valence-electron chi connectivity index (χ3n) is 3.66. The van der Waals surface area contributed by atoms with Crippen molar-refractivity contribution in [2.24, 2.45) is 0 Å². The summed E-state index contributed by atoms with van der Waals surface area (Å²) in [6.07, 6.45) is 0. The highest BCUT2D eigenvalue weighted by Gasteiger charge is 2.18. The normalized spacial score (nSPS) is 13.2. The van der Waals surface area contributed by atoms with E-state index in [1.54, 1.807) is 19.1 Å². The Morgan fingerprint density at radius 1 is 1.00 bits per heavy atom. The number of nitrogens with one attached hydrogen (secondary N) is 1. The minimum Gasteiger partial charge on any atom is -0.349 e. The molecule has 0 bridgehead atoms. The third-order valence-corrected chi connectivity index (χ3v) is 3.66. The van der Waals surface area contributed by atoms with Gasteiger partial charge in [0.05, 0.1) is 16.9 Å². The molecule has 0 spiro atoms. The van der Waals surface area contributed by atoms with E-state index in [4.69, 9.17) is 0 Å². The van der Waals surface area contributed by atoms with Crippen molar-refractivity contribution in [2.45, 2.75) is 25.8 Å². The molecule has 0 heterocycles. The van der Waals surface area contributed by atoms with Crippen molar-refractivity contribution in [3.63, 3.8) is 0 Å². The Kier molecular flexibility index (Phi) is 4.88. The molecule has 2 atom stereocenters. The number of nitrogens with zero attached hydrogens (tertiary/aromatic N) is 1. The van der Waals surface area contributed by atoms with E-state index >= 15 is 0 Å². The van der Waals surface area contributed by atoms with Gasteiger partial charge in [-0.1, -0.05) is 42.5 Å². The molecular formula is C17H18N2O3. The van der Waals surface area contributed by atoms with Crippen molar-refractivity contribution < 1.29 is 9.72 Å². The molecule has 2 aromatic rings. The molecule has 0 aliphatic heterocycles. The Morgan fingerprint density at radius 3 is 2.14 bits per heavy atom. The molecule has 114 valence electrons. The average Bonchev–Trinajstić information content (AvgIpc) is 2.55. The lowest BCUT2D eigenvalue weighted by Gasteiger charge is -2.18. The quantitative estimate of drug-likeness (QED) is 0.677. The van der Waals surface area contributed by atoms with E-state index < -0.39 is 4.92 Å². The van der Waals surface area contributed by atoms with Crippen molar-refractivity contribution in [1.29, 1.82) is 0 Å². The molecule has 0 saturated heterocycles. The van der Waals surface area contributed by atoms with Crippen LogP contribution in [0.1, 0.15) is 36.9 Å². The Balaban J connectivity index is 2.04. The van der Waals surface area contributed by atoms with Gasteiger partial charge in [0.2, 0.25) is 5.91 Å². The minimum absolute atomic E-state index is 0.0222. The predicted molar refractivity (Wildman–Crippen MR) is 84.5 cm³/mol. The summed E-state index contributed by atoms with van der Waals surface area (Å²) in [5.41, 5.74) is 1.81. The van der Waals surface area contributed by atoms with Gasteiger partial charge < -0.3 is 5.32 Å². The maximum absolute atomic E-state index is 12.3. The summed E-state index contributed by atoms with van der Waals surface area (Å²) in [6, 6.07) is 15.7. The number of carbonyl (C=O) groups excluding carboxylic acids is 1. The van der Waals surface area contributed by atoms with Gasteiger partial charge >= 0.3 is 0 Å². The largest absolute Gasteiger partial charge is 0.349 e. The highest BCUT2D eigenvalue weighted by Crippen LogP contribution is 2.21. The third kappa shape index (κ3) is 3.69. The van der Waals surface area contributed by atoms with Gasteiger partial charge in [0.1, 0.15) is 0 Å². The number of rotatable bonds is 5. The highest BCUT2D eigenvalue weighted by molar-refractivity contribution is 5.83. The number of non-ortho nitro benzene ring substituents is 1. The van der Waals surface area contributed by atoms with Crippen LogP contribution in [0, 0.1) is 10.1 Å². The van der Waals surface area contributed by atoms with Gasteiger partial charge in [0.25, 0.3) is 5.69 Å². The van der Waals surface area contributed by atoms with Crippen LogP contribution in [-0.2, 0) is 4.79 Å². The second kappa shape index (κ2) is 6.85. The van der Waals surface area contributed by atoms with Crippen molar-refractivity contribution in [3.8, 4) is 0 Å². The van der Waals surface area contributed by atoms with E-state index in [-0.39, 0.29) is 23.6 Å². The molecule has 0 aromatic heterocycles. The van der Waals surface area contributed by atoms with Gasteiger partial charge in [-0.15, -0.1) is 0 Å². The molecule has 2 aromatic carbocycles. The lowest BCUT2D eigenvalue weighted by Crippen LogP contribution is -2.30. The molecule has 5 heteroatoms. The summed E-state index contributed by atoms with van der Waals surface area (Å²) in [5.74, 6) is -0.475. The average molecular weight is 298 g/mol. The highest BCUT2D eigenvalue weighted by atomic mass is 16.6. The summed E-state index contributed by atoms with van der Waals surface area (Å²) in [4.78, 5) is 22.5.